The number of amides is 1. The van der Waals surface area contributed by atoms with Crippen LogP contribution in [0.5, 0.6) is 0 Å². The molecule has 0 saturated heterocycles. The number of nitrogens with one attached hydrogen (secondary N) is 1. The highest BCUT2D eigenvalue weighted by Gasteiger charge is 2.15. The number of nitrogens with two attached hydrogens (primary N) is 1. The molecule has 0 fully saturated rings. The SMILES string of the molecule is CC(N)CC(=O)NCC(c1ccccc1)c1ccccc1.Cl. The van der Waals surface area contributed by atoms with Gasteiger partial charge in [-0.2, -0.15) is 0 Å². The third-order valence-electron chi connectivity index (χ3n) is 3.41. The van der Waals surface area contributed by atoms with E-state index in [1.165, 1.54) is 11.1 Å². The minimum absolute atomic E-state index is 0. The van der Waals surface area contributed by atoms with Crippen LogP contribution in [-0.2, 0) is 4.79 Å². The maximum atomic E-state index is 11.8. The molecule has 1 atom stereocenters. The molecule has 0 heterocycles. The topological polar surface area (TPSA) is 55.1 Å². The second-order valence-corrected chi connectivity index (χ2v) is 5.36. The van der Waals surface area contributed by atoms with Gasteiger partial charge in [-0.05, 0) is 18.1 Å². The van der Waals surface area contributed by atoms with E-state index in [9.17, 15) is 4.79 Å². The molecule has 1 amide bonds. The van der Waals surface area contributed by atoms with Crippen molar-refractivity contribution in [2.75, 3.05) is 6.54 Å². The first-order valence-electron chi connectivity index (χ1n) is 7.29. The number of carbonyl (C=O) groups is 1. The Morgan fingerprint density at radius 3 is 1.86 bits per heavy atom. The Bertz CT molecular complexity index is 518. The molecule has 0 radical (unpaired) electrons. The van der Waals surface area contributed by atoms with Crippen molar-refractivity contribution >= 4 is 18.3 Å². The zero-order chi connectivity index (χ0) is 15.1. The average molecular weight is 319 g/mol. The summed E-state index contributed by atoms with van der Waals surface area (Å²) < 4.78 is 0. The van der Waals surface area contributed by atoms with E-state index in [1.807, 2.05) is 43.3 Å². The molecule has 4 heteroatoms. The van der Waals surface area contributed by atoms with Crippen LogP contribution in [0.2, 0.25) is 0 Å². The summed E-state index contributed by atoms with van der Waals surface area (Å²) >= 11 is 0. The third-order valence-corrected chi connectivity index (χ3v) is 3.41. The van der Waals surface area contributed by atoms with Crippen LogP contribution in [0, 0.1) is 0 Å². The van der Waals surface area contributed by atoms with Gasteiger partial charge in [-0.15, -0.1) is 12.4 Å². The number of rotatable bonds is 6. The van der Waals surface area contributed by atoms with Crippen molar-refractivity contribution in [2.45, 2.75) is 25.3 Å². The molecule has 0 aliphatic rings. The molecule has 2 aromatic rings. The van der Waals surface area contributed by atoms with Crippen molar-refractivity contribution < 1.29 is 4.79 Å². The standard InChI is InChI=1S/C18H22N2O.ClH/c1-14(19)12-18(21)20-13-17(15-8-4-2-5-9-15)16-10-6-3-7-11-16;/h2-11,14,17H,12-13,19H2,1H3,(H,20,21);1H. The fraction of sp³-hybridized carbons (Fsp3) is 0.278. The summed E-state index contributed by atoms with van der Waals surface area (Å²) in [5.41, 5.74) is 8.06. The quantitative estimate of drug-likeness (QED) is 0.860. The predicted molar refractivity (Wildman–Crippen MR) is 93.3 cm³/mol. The molecule has 3 nitrogen and oxygen atoms in total. The Morgan fingerprint density at radius 1 is 1.00 bits per heavy atom. The van der Waals surface area contributed by atoms with E-state index in [1.54, 1.807) is 0 Å². The third kappa shape index (κ3) is 5.51. The lowest BCUT2D eigenvalue weighted by Gasteiger charge is -2.19. The normalized spacial score (nSPS) is 11.6. The molecular weight excluding hydrogens is 296 g/mol. The van der Waals surface area contributed by atoms with Crippen LogP contribution in [0.4, 0.5) is 0 Å². The van der Waals surface area contributed by atoms with Gasteiger partial charge in [0.15, 0.2) is 0 Å². The van der Waals surface area contributed by atoms with Gasteiger partial charge in [0.1, 0.15) is 0 Å². The van der Waals surface area contributed by atoms with Crippen LogP contribution in [-0.4, -0.2) is 18.5 Å². The second kappa shape index (κ2) is 9.23. The molecule has 0 aliphatic heterocycles. The fourth-order valence-electron chi connectivity index (χ4n) is 2.38. The summed E-state index contributed by atoms with van der Waals surface area (Å²) in [6.45, 7) is 2.42. The highest BCUT2D eigenvalue weighted by Crippen LogP contribution is 2.23. The van der Waals surface area contributed by atoms with Crippen molar-refractivity contribution in [1.29, 1.82) is 0 Å². The van der Waals surface area contributed by atoms with E-state index in [4.69, 9.17) is 5.73 Å². The van der Waals surface area contributed by atoms with Crippen molar-refractivity contribution in [2.24, 2.45) is 5.73 Å². The smallest absolute Gasteiger partial charge is 0.221 e. The van der Waals surface area contributed by atoms with Crippen LogP contribution in [0.1, 0.15) is 30.4 Å². The molecular formula is C18H23ClN2O. The monoisotopic (exact) mass is 318 g/mol. The molecule has 118 valence electrons. The Hall–Kier alpha value is -1.84. The van der Waals surface area contributed by atoms with Gasteiger partial charge in [-0.25, -0.2) is 0 Å². The Kier molecular flexibility index (Phi) is 7.64. The van der Waals surface area contributed by atoms with Gasteiger partial charge >= 0.3 is 0 Å². The molecule has 0 aromatic heterocycles. The maximum absolute atomic E-state index is 11.8. The summed E-state index contributed by atoms with van der Waals surface area (Å²) in [7, 11) is 0. The van der Waals surface area contributed by atoms with Gasteiger partial charge in [0.25, 0.3) is 0 Å². The number of benzene rings is 2. The summed E-state index contributed by atoms with van der Waals surface area (Å²) in [6, 6.07) is 20.3. The lowest BCUT2D eigenvalue weighted by molar-refractivity contribution is -0.121. The van der Waals surface area contributed by atoms with Crippen molar-refractivity contribution in [3.63, 3.8) is 0 Å². The molecule has 0 aliphatic carbocycles. The van der Waals surface area contributed by atoms with E-state index in [0.717, 1.165) is 0 Å². The Morgan fingerprint density at radius 2 is 1.45 bits per heavy atom. The van der Waals surface area contributed by atoms with E-state index < -0.39 is 0 Å². The molecule has 2 rings (SSSR count). The largest absolute Gasteiger partial charge is 0.355 e. The Labute approximate surface area is 138 Å². The van der Waals surface area contributed by atoms with Gasteiger partial charge in [0.2, 0.25) is 5.91 Å². The van der Waals surface area contributed by atoms with Crippen LogP contribution in [0.25, 0.3) is 0 Å². The number of hydrogen-bond donors (Lipinski definition) is 2. The average Bonchev–Trinajstić information content (AvgIpc) is 2.49. The van der Waals surface area contributed by atoms with Gasteiger partial charge < -0.3 is 11.1 Å². The minimum atomic E-state index is -0.114. The Balaban J connectivity index is 0.00000242. The highest BCUT2D eigenvalue weighted by atomic mass is 35.5. The molecule has 2 aromatic carbocycles. The first-order chi connectivity index (χ1) is 10.2. The predicted octanol–water partition coefficient (Wildman–Crippen LogP) is 3.09. The first-order valence-corrected chi connectivity index (χ1v) is 7.29. The van der Waals surface area contributed by atoms with Crippen molar-refractivity contribution in [1.82, 2.24) is 5.32 Å². The summed E-state index contributed by atoms with van der Waals surface area (Å²) in [5, 5.41) is 2.99. The molecule has 0 saturated carbocycles. The minimum Gasteiger partial charge on any atom is -0.355 e. The molecule has 0 spiro atoms. The molecule has 22 heavy (non-hydrogen) atoms. The van der Waals surface area contributed by atoms with Crippen LogP contribution in [0.3, 0.4) is 0 Å². The van der Waals surface area contributed by atoms with E-state index in [2.05, 4.69) is 29.6 Å². The van der Waals surface area contributed by atoms with Crippen molar-refractivity contribution in [3.05, 3.63) is 71.8 Å². The summed E-state index contributed by atoms with van der Waals surface area (Å²) in [5.74, 6) is 0.159. The zero-order valence-corrected chi connectivity index (χ0v) is 13.6. The van der Waals surface area contributed by atoms with E-state index in [-0.39, 0.29) is 30.3 Å². The van der Waals surface area contributed by atoms with E-state index in [0.29, 0.717) is 13.0 Å². The molecule has 1 unspecified atom stereocenters. The molecule has 3 N–H and O–H groups in total. The van der Waals surface area contributed by atoms with Crippen LogP contribution in [0.15, 0.2) is 60.7 Å². The van der Waals surface area contributed by atoms with Gasteiger partial charge in [-0.1, -0.05) is 60.7 Å². The lowest BCUT2D eigenvalue weighted by atomic mass is 9.91. The number of halogens is 1. The van der Waals surface area contributed by atoms with E-state index >= 15 is 0 Å². The zero-order valence-electron chi connectivity index (χ0n) is 12.7. The number of carbonyl (C=O) groups excluding carboxylic acids is 1. The van der Waals surface area contributed by atoms with Gasteiger partial charge in [0.05, 0.1) is 0 Å². The second-order valence-electron chi connectivity index (χ2n) is 5.36. The van der Waals surface area contributed by atoms with Gasteiger partial charge in [-0.3, -0.25) is 4.79 Å². The first kappa shape index (κ1) is 18.2. The summed E-state index contributed by atoms with van der Waals surface area (Å²) in [4.78, 5) is 11.8. The highest BCUT2D eigenvalue weighted by molar-refractivity contribution is 5.85. The fourth-order valence-corrected chi connectivity index (χ4v) is 2.38. The van der Waals surface area contributed by atoms with Crippen LogP contribution < -0.4 is 11.1 Å². The molecule has 0 bridgehead atoms. The maximum Gasteiger partial charge on any atom is 0.221 e. The van der Waals surface area contributed by atoms with Crippen molar-refractivity contribution in [3.8, 4) is 0 Å². The lowest BCUT2D eigenvalue weighted by Crippen LogP contribution is -2.33. The number of hydrogen-bond acceptors (Lipinski definition) is 2. The van der Waals surface area contributed by atoms with Gasteiger partial charge in [0, 0.05) is 24.9 Å². The summed E-state index contributed by atoms with van der Waals surface area (Å²) in [6.07, 6.45) is 0.357. The van der Waals surface area contributed by atoms with Crippen LogP contribution >= 0.6 is 12.4 Å².